The number of hydrogen-bond acceptors (Lipinski definition) is 3. The van der Waals surface area contributed by atoms with E-state index < -0.39 is 0 Å². The van der Waals surface area contributed by atoms with E-state index in [1.165, 1.54) is 24.0 Å². The molecule has 0 saturated carbocycles. The molecule has 0 aromatic heterocycles. The lowest BCUT2D eigenvalue weighted by molar-refractivity contribution is 0.306. The van der Waals surface area contributed by atoms with Crippen molar-refractivity contribution in [3.63, 3.8) is 0 Å². The van der Waals surface area contributed by atoms with E-state index in [1.807, 2.05) is 36.5 Å². The molecule has 2 aromatic rings. The third kappa shape index (κ3) is 5.44. The molecule has 0 aliphatic heterocycles. The molecule has 2 rings (SSSR count). The number of nitrogens with one attached hydrogen (secondary N) is 1. The van der Waals surface area contributed by atoms with Crippen LogP contribution in [0.5, 0.6) is 5.75 Å². The highest BCUT2D eigenvalue weighted by atomic mass is 16.5. The van der Waals surface area contributed by atoms with Gasteiger partial charge in [-0.25, -0.2) is 0 Å². The quantitative estimate of drug-likeness (QED) is 0.407. The Labute approximate surface area is 139 Å². The van der Waals surface area contributed by atoms with Crippen molar-refractivity contribution in [2.45, 2.75) is 40.0 Å². The van der Waals surface area contributed by atoms with Crippen LogP contribution >= 0.6 is 0 Å². The molecule has 0 radical (unpaired) electrons. The van der Waals surface area contributed by atoms with Crippen LogP contribution in [0, 0.1) is 13.8 Å². The summed E-state index contributed by atoms with van der Waals surface area (Å²) in [5, 5.41) is 4.33. The molecule has 0 atom stereocenters. The maximum atomic E-state index is 5.86. The van der Waals surface area contributed by atoms with Crippen LogP contribution in [0.2, 0.25) is 0 Å². The second-order valence-electron chi connectivity index (χ2n) is 5.76. The van der Waals surface area contributed by atoms with E-state index in [4.69, 9.17) is 4.74 Å². The minimum atomic E-state index is 0.753. The lowest BCUT2D eigenvalue weighted by Crippen LogP contribution is -2.00. The highest BCUT2D eigenvalue weighted by Gasteiger charge is 2.00. The molecule has 0 spiro atoms. The summed E-state index contributed by atoms with van der Waals surface area (Å²) in [6.07, 6.45) is 5.30. The molecule has 0 heterocycles. The first-order valence-corrected chi connectivity index (χ1v) is 8.29. The fourth-order valence-electron chi connectivity index (χ4n) is 2.24. The van der Waals surface area contributed by atoms with Gasteiger partial charge in [-0.3, -0.25) is 5.43 Å². The molecular formula is C20H26N2O. The Morgan fingerprint density at radius 3 is 2.65 bits per heavy atom. The summed E-state index contributed by atoms with van der Waals surface area (Å²) in [4.78, 5) is 0. The number of hydrogen-bond donors (Lipinski definition) is 1. The van der Waals surface area contributed by atoms with Crippen LogP contribution in [-0.4, -0.2) is 12.8 Å². The average molecular weight is 310 g/mol. The third-order valence-electron chi connectivity index (χ3n) is 3.83. The molecule has 0 bridgehead atoms. The number of anilines is 1. The zero-order valence-electron chi connectivity index (χ0n) is 14.3. The molecule has 0 amide bonds. The van der Waals surface area contributed by atoms with Crippen molar-refractivity contribution in [3.05, 3.63) is 59.2 Å². The van der Waals surface area contributed by atoms with Crippen molar-refractivity contribution >= 4 is 11.9 Å². The smallest absolute Gasteiger partial charge is 0.128 e. The van der Waals surface area contributed by atoms with Crippen LogP contribution in [0.15, 0.2) is 47.6 Å². The number of benzene rings is 2. The number of rotatable bonds is 8. The summed E-state index contributed by atoms with van der Waals surface area (Å²) in [7, 11) is 0. The molecule has 0 unspecified atom stereocenters. The molecule has 23 heavy (non-hydrogen) atoms. The van der Waals surface area contributed by atoms with Crippen LogP contribution < -0.4 is 10.2 Å². The number of para-hydroxylation sites is 1. The van der Waals surface area contributed by atoms with Gasteiger partial charge in [-0.05, 0) is 55.7 Å². The van der Waals surface area contributed by atoms with E-state index in [-0.39, 0.29) is 0 Å². The summed E-state index contributed by atoms with van der Waals surface area (Å²) in [5.41, 5.74) is 7.59. The third-order valence-corrected chi connectivity index (χ3v) is 3.83. The number of unbranched alkanes of at least 4 members (excludes halogenated alkanes) is 2. The second kappa shape index (κ2) is 8.99. The van der Waals surface area contributed by atoms with Crippen molar-refractivity contribution < 1.29 is 4.74 Å². The largest absolute Gasteiger partial charge is 0.493 e. The Morgan fingerprint density at radius 2 is 1.87 bits per heavy atom. The highest BCUT2D eigenvalue weighted by molar-refractivity contribution is 5.84. The normalized spacial score (nSPS) is 10.9. The minimum absolute atomic E-state index is 0.753. The maximum Gasteiger partial charge on any atom is 0.128 e. The van der Waals surface area contributed by atoms with Crippen LogP contribution in [-0.2, 0) is 0 Å². The number of hydrazone groups is 1. The molecule has 1 N–H and O–H groups in total. The van der Waals surface area contributed by atoms with E-state index >= 15 is 0 Å². The molecule has 2 aromatic carbocycles. The van der Waals surface area contributed by atoms with Gasteiger partial charge in [0.2, 0.25) is 0 Å². The van der Waals surface area contributed by atoms with E-state index in [0.717, 1.165) is 30.0 Å². The summed E-state index contributed by atoms with van der Waals surface area (Å²) in [6.45, 7) is 7.15. The van der Waals surface area contributed by atoms with Gasteiger partial charge in [-0.1, -0.05) is 38.0 Å². The minimum Gasteiger partial charge on any atom is -0.493 e. The average Bonchev–Trinajstić information content (AvgIpc) is 2.56. The molecule has 122 valence electrons. The van der Waals surface area contributed by atoms with E-state index in [1.54, 1.807) is 0 Å². The Hall–Kier alpha value is -2.29. The summed E-state index contributed by atoms with van der Waals surface area (Å²) in [6, 6.07) is 14.2. The highest BCUT2D eigenvalue weighted by Crippen LogP contribution is 2.17. The monoisotopic (exact) mass is 310 g/mol. The van der Waals surface area contributed by atoms with Crippen molar-refractivity contribution in [2.75, 3.05) is 12.0 Å². The topological polar surface area (TPSA) is 33.6 Å². The number of nitrogens with zero attached hydrogens (tertiary/aromatic N) is 1. The van der Waals surface area contributed by atoms with Gasteiger partial charge in [0.15, 0.2) is 0 Å². The van der Waals surface area contributed by atoms with Crippen LogP contribution in [0.25, 0.3) is 0 Å². The van der Waals surface area contributed by atoms with Crippen molar-refractivity contribution in [1.82, 2.24) is 0 Å². The van der Waals surface area contributed by atoms with Crippen LogP contribution in [0.4, 0.5) is 5.69 Å². The standard InChI is InChI=1S/C20H26N2O/c1-4-5-8-13-23-20-10-7-6-9-18(20)15-21-22-19-12-11-16(2)17(3)14-19/h6-7,9-12,14-15,22H,4-5,8,13H2,1-3H3. The number of ether oxygens (including phenoxy) is 1. The van der Waals surface area contributed by atoms with Gasteiger partial charge in [-0.15, -0.1) is 0 Å². The maximum absolute atomic E-state index is 5.86. The van der Waals surface area contributed by atoms with Gasteiger partial charge in [-0.2, -0.15) is 5.10 Å². The van der Waals surface area contributed by atoms with Crippen molar-refractivity contribution in [2.24, 2.45) is 5.10 Å². The summed E-state index contributed by atoms with van der Waals surface area (Å²) < 4.78 is 5.86. The molecule has 0 aliphatic carbocycles. The first-order chi connectivity index (χ1) is 11.2. The van der Waals surface area contributed by atoms with Gasteiger partial charge in [0.05, 0.1) is 18.5 Å². The molecule has 0 saturated heterocycles. The first kappa shape index (κ1) is 17.1. The lowest BCUT2D eigenvalue weighted by atomic mass is 10.1. The van der Waals surface area contributed by atoms with Gasteiger partial charge in [0, 0.05) is 5.56 Å². The Bertz CT molecular complexity index is 650. The number of aryl methyl sites for hydroxylation is 2. The van der Waals surface area contributed by atoms with Gasteiger partial charge < -0.3 is 4.74 Å². The lowest BCUT2D eigenvalue weighted by Gasteiger charge is -2.08. The summed E-state index contributed by atoms with van der Waals surface area (Å²) in [5.74, 6) is 0.884. The van der Waals surface area contributed by atoms with Crippen molar-refractivity contribution in [3.8, 4) is 5.75 Å². The predicted octanol–water partition coefficient (Wildman–Crippen LogP) is 5.32. The Morgan fingerprint density at radius 1 is 1.04 bits per heavy atom. The molecule has 0 fully saturated rings. The zero-order valence-corrected chi connectivity index (χ0v) is 14.3. The predicted molar refractivity (Wildman–Crippen MR) is 98.6 cm³/mol. The second-order valence-corrected chi connectivity index (χ2v) is 5.76. The molecule has 0 aliphatic rings. The van der Waals surface area contributed by atoms with Crippen LogP contribution in [0.1, 0.15) is 42.9 Å². The van der Waals surface area contributed by atoms with E-state index in [0.29, 0.717) is 0 Å². The first-order valence-electron chi connectivity index (χ1n) is 8.29. The van der Waals surface area contributed by atoms with E-state index in [9.17, 15) is 0 Å². The van der Waals surface area contributed by atoms with Crippen LogP contribution in [0.3, 0.4) is 0 Å². The van der Waals surface area contributed by atoms with Gasteiger partial charge >= 0.3 is 0 Å². The van der Waals surface area contributed by atoms with Gasteiger partial charge in [0.25, 0.3) is 0 Å². The molecule has 3 nitrogen and oxygen atoms in total. The SMILES string of the molecule is CCCCCOc1ccccc1C=NNc1ccc(C)c(C)c1. The zero-order chi connectivity index (χ0) is 16.5. The van der Waals surface area contributed by atoms with Gasteiger partial charge in [0.1, 0.15) is 5.75 Å². The fraction of sp³-hybridized carbons (Fsp3) is 0.350. The summed E-state index contributed by atoms with van der Waals surface area (Å²) >= 11 is 0. The van der Waals surface area contributed by atoms with E-state index in [2.05, 4.69) is 43.4 Å². The molecular weight excluding hydrogens is 284 g/mol. The van der Waals surface area contributed by atoms with Crippen molar-refractivity contribution in [1.29, 1.82) is 0 Å². The Kier molecular flexibility index (Phi) is 6.67. The fourth-order valence-corrected chi connectivity index (χ4v) is 2.24. The molecule has 3 heteroatoms. The Balaban J connectivity index is 1.97.